The number of hydrogen-bond donors (Lipinski definition) is 2. The second kappa shape index (κ2) is 10.3. The average molecular weight is 528 g/mol. The Morgan fingerprint density at radius 1 is 1.19 bits per heavy atom. The summed E-state index contributed by atoms with van der Waals surface area (Å²) in [6.45, 7) is 1.54. The zero-order valence-corrected chi connectivity index (χ0v) is 18.8. The summed E-state index contributed by atoms with van der Waals surface area (Å²) in [7, 11) is 0. The van der Waals surface area contributed by atoms with Gasteiger partial charge in [0.15, 0.2) is 6.29 Å². The van der Waals surface area contributed by atoms with E-state index >= 15 is 0 Å². The first-order chi connectivity index (χ1) is 14.9. The normalized spacial score (nSPS) is 15.5. The zero-order valence-electron chi connectivity index (χ0n) is 16.7. The van der Waals surface area contributed by atoms with E-state index in [4.69, 9.17) is 5.73 Å². The minimum absolute atomic E-state index is 0.0830. The molecule has 3 rings (SSSR count). The van der Waals surface area contributed by atoms with E-state index in [9.17, 15) is 20.0 Å². The van der Waals surface area contributed by atoms with Crippen LogP contribution in [0.4, 0.5) is 0 Å². The molecule has 0 saturated carbocycles. The predicted octanol–water partition coefficient (Wildman–Crippen LogP) is 3.38. The predicted molar refractivity (Wildman–Crippen MR) is 127 cm³/mol. The van der Waals surface area contributed by atoms with Gasteiger partial charge in [0.25, 0.3) is 0 Å². The van der Waals surface area contributed by atoms with Crippen molar-refractivity contribution in [3.63, 3.8) is 0 Å². The number of allylic oxidation sites excluding steroid dienone is 1. The molecule has 0 radical (unpaired) electrons. The smallest absolute Gasteiger partial charge is 0.335 e. The summed E-state index contributed by atoms with van der Waals surface area (Å²) in [5.74, 6) is -1.07. The summed E-state index contributed by atoms with van der Waals surface area (Å²) in [6, 6.07) is 13.7. The minimum atomic E-state index is -1.07. The van der Waals surface area contributed by atoms with Crippen LogP contribution in [0.2, 0.25) is 0 Å². The number of aliphatic imine (C=N–C) groups is 1. The summed E-state index contributed by atoms with van der Waals surface area (Å²) in [5, 5.41) is 18.6. The lowest BCUT2D eigenvalue weighted by Gasteiger charge is -2.28. The quantitative estimate of drug-likeness (QED) is 0.148. The summed E-state index contributed by atoms with van der Waals surface area (Å²) in [5.41, 5.74) is 8.39. The number of rotatable bonds is 6. The molecule has 8 heteroatoms. The molecule has 0 amide bonds. The summed E-state index contributed by atoms with van der Waals surface area (Å²) < 4.78 is 0.735. The lowest BCUT2D eigenvalue weighted by Crippen LogP contribution is -2.38. The fraction of sp³-hybridized carbons (Fsp3) is 0.217. The Kier molecular flexibility index (Phi) is 7.55. The van der Waals surface area contributed by atoms with Crippen LogP contribution in [-0.2, 0) is 4.79 Å². The molecule has 1 fully saturated rings. The summed E-state index contributed by atoms with van der Waals surface area (Å²) in [6.07, 6.45) is 4.11. The van der Waals surface area contributed by atoms with Crippen molar-refractivity contribution < 1.29 is 14.7 Å². The Hall–Kier alpha value is -3.03. The number of carbonyl (C=O) groups excluding carboxylic acids is 1. The van der Waals surface area contributed by atoms with Gasteiger partial charge in [0.1, 0.15) is 6.07 Å². The lowest BCUT2D eigenvalue weighted by molar-refractivity contribution is -0.103. The van der Waals surface area contributed by atoms with Gasteiger partial charge in [-0.25, -0.2) is 9.79 Å². The number of piperidine rings is 1. The Morgan fingerprint density at radius 2 is 1.90 bits per heavy atom. The number of nitriles is 1. The molecule has 31 heavy (non-hydrogen) atoms. The number of nitrogens with two attached hydrogens (primary N) is 1. The molecular weight excluding hydrogens is 507 g/mol. The number of hydrogen-bond acceptors (Lipinski definition) is 5. The van der Waals surface area contributed by atoms with Crippen LogP contribution in [0.15, 0.2) is 47.5 Å². The van der Waals surface area contributed by atoms with Crippen molar-refractivity contribution in [2.24, 2.45) is 10.7 Å². The van der Waals surface area contributed by atoms with Gasteiger partial charge in [-0.1, -0.05) is 18.2 Å². The highest BCUT2D eigenvalue weighted by atomic mass is 127. The van der Waals surface area contributed by atoms with Gasteiger partial charge >= 0.3 is 5.97 Å². The molecule has 1 aliphatic rings. The second-order valence-corrected chi connectivity index (χ2v) is 8.35. The molecular formula is C23H21IN4O3. The Balaban J connectivity index is 2.12. The molecule has 3 N–H and O–H groups in total. The number of carboxylic acids is 1. The molecule has 0 unspecified atom stereocenters. The number of benzene rings is 2. The maximum atomic E-state index is 12.1. The number of carbonyl (C=O) groups is 2. The topological polar surface area (TPSA) is 120 Å². The Labute approximate surface area is 194 Å². The van der Waals surface area contributed by atoms with Crippen LogP contribution in [0.3, 0.4) is 0 Å². The first-order valence-electron chi connectivity index (χ1n) is 9.70. The molecule has 7 nitrogen and oxygen atoms in total. The molecule has 2 aromatic rings. The van der Waals surface area contributed by atoms with Crippen molar-refractivity contribution in [3.8, 4) is 6.07 Å². The molecule has 0 bridgehead atoms. The van der Waals surface area contributed by atoms with Crippen molar-refractivity contribution >= 4 is 52.5 Å². The van der Waals surface area contributed by atoms with Crippen molar-refractivity contribution in [1.82, 2.24) is 4.90 Å². The van der Waals surface area contributed by atoms with E-state index in [1.165, 1.54) is 12.1 Å². The van der Waals surface area contributed by atoms with E-state index in [0.717, 1.165) is 29.5 Å². The summed E-state index contributed by atoms with van der Waals surface area (Å²) >= 11 is 2.07. The van der Waals surface area contributed by atoms with Crippen LogP contribution >= 0.6 is 22.6 Å². The minimum Gasteiger partial charge on any atom is -0.478 e. The van der Waals surface area contributed by atoms with Crippen LogP contribution in [-0.4, -0.2) is 47.7 Å². The van der Waals surface area contributed by atoms with Gasteiger partial charge in [-0.05, 0) is 65.3 Å². The highest BCUT2D eigenvalue weighted by Gasteiger charge is 2.16. The van der Waals surface area contributed by atoms with Crippen LogP contribution in [0, 0.1) is 14.9 Å². The van der Waals surface area contributed by atoms with E-state index in [1.54, 1.807) is 36.7 Å². The van der Waals surface area contributed by atoms with E-state index in [0.29, 0.717) is 28.7 Å². The number of carboxylic acid groups (broad SMARTS) is 1. The van der Waals surface area contributed by atoms with Gasteiger partial charge in [0.2, 0.25) is 0 Å². The average Bonchev–Trinajstić information content (AvgIpc) is 2.77. The molecule has 0 aromatic heterocycles. The third-order valence-electron chi connectivity index (χ3n) is 5.08. The third-order valence-corrected chi connectivity index (χ3v) is 5.97. The maximum Gasteiger partial charge on any atom is 0.335 e. The zero-order chi connectivity index (χ0) is 22.4. The van der Waals surface area contributed by atoms with Crippen molar-refractivity contribution in [2.45, 2.75) is 18.9 Å². The number of aldehydes is 1. The number of likely N-dealkylation sites (tertiary alicyclic amines) is 1. The Morgan fingerprint density at radius 3 is 2.52 bits per heavy atom. The van der Waals surface area contributed by atoms with Gasteiger partial charge in [0.05, 0.1) is 23.2 Å². The van der Waals surface area contributed by atoms with Gasteiger partial charge in [0, 0.05) is 33.8 Å². The van der Waals surface area contributed by atoms with Crippen LogP contribution in [0.1, 0.15) is 39.9 Å². The largest absolute Gasteiger partial charge is 0.478 e. The molecule has 158 valence electrons. The second-order valence-electron chi connectivity index (χ2n) is 7.19. The molecule has 1 heterocycles. The van der Waals surface area contributed by atoms with E-state index < -0.39 is 5.97 Å². The molecule has 0 atom stereocenters. The van der Waals surface area contributed by atoms with Gasteiger partial charge in [-0.15, -0.1) is 0 Å². The van der Waals surface area contributed by atoms with Crippen molar-refractivity contribution in [3.05, 3.63) is 68.3 Å². The molecule has 0 spiro atoms. The molecule has 2 aromatic carbocycles. The highest BCUT2D eigenvalue weighted by molar-refractivity contribution is 14.1. The number of aromatic carboxylic acids is 1. The van der Waals surface area contributed by atoms with E-state index in [1.807, 2.05) is 4.90 Å². The summed E-state index contributed by atoms with van der Waals surface area (Å²) in [4.78, 5) is 30.2. The third kappa shape index (κ3) is 5.57. The van der Waals surface area contributed by atoms with Gasteiger partial charge < -0.3 is 15.7 Å². The van der Waals surface area contributed by atoms with E-state index in [-0.39, 0.29) is 17.2 Å². The highest BCUT2D eigenvalue weighted by Crippen LogP contribution is 2.29. The number of halogens is 1. The van der Waals surface area contributed by atoms with Crippen molar-refractivity contribution in [2.75, 3.05) is 13.1 Å². The maximum absolute atomic E-state index is 12.1. The first-order valence-corrected chi connectivity index (χ1v) is 10.8. The fourth-order valence-electron chi connectivity index (χ4n) is 3.31. The van der Waals surface area contributed by atoms with Crippen LogP contribution in [0.25, 0.3) is 11.3 Å². The van der Waals surface area contributed by atoms with E-state index in [2.05, 4.69) is 33.7 Å². The SMILES string of the molecule is N#Cc1ccc(/C(N=CN2CCC(N)CC2)=C(/C=O)c2cccc(C(=O)O)c2)cc1I. The molecule has 0 aliphatic carbocycles. The van der Waals surface area contributed by atoms with Gasteiger partial charge in [-0.3, -0.25) is 4.79 Å². The van der Waals surface area contributed by atoms with Gasteiger partial charge in [-0.2, -0.15) is 5.26 Å². The lowest BCUT2D eigenvalue weighted by atomic mass is 9.98. The molecule has 1 saturated heterocycles. The first kappa shape index (κ1) is 22.7. The standard InChI is InChI=1S/C23H21IN4O3/c24-21-11-16(4-5-18(21)12-25)22(27-14-28-8-6-19(26)7-9-28)20(13-29)15-2-1-3-17(10-15)23(30)31/h1-5,10-11,13-14,19H,6-9,26H2,(H,30,31)/b22-20+,27-14?. The van der Waals surface area contributed by atoms with Crippen LogP contribution in [0.5, 0.6) is 0 Å². The number of nitrogens with zero attached hydrogens (tertiary/aromatic N) is 3. The monoisotopic (exact) mass is 528 g/mol. The molecule has 1 aliphatic heterocycles. The Bertz CT molecular complexity index is 1100. The van der Waals surface area contributed by atoms with Crippen LogP contribution < -0.4 is 5.73 Å². The van der Waals surface area contributed by atoms with Crippen molar-refractivity contribution in [1.29, 1.82) is 5.26 Å². The fourth-order valence-corrected chi connectivity index (χ4v) is 3.94.